The van der Waals surface area contributed by atoms with Crippen LogP contribution in [0.3, 0.4) is 0 Å². The normalized spacial score (nSPS) is 11.5. The van der Waals surface area contributed by atoms with E-state index < -0.39 is 0 Å². The highest BCUT2D eigenvalue weighted by molar-refractivity contribution is 7.19. The molecule has 0 fully saturated rings. The third-order valence-electron chi connectivity index (χ3n) is 4.82. The highest BCUT2D eigenvalue weighted by Crippen LogP contribution is 2.35. The molecule has 0 aromatic carbocycles. The molecule has 0 spiro atoms. The van der Waals surface area contributed by atoms with E-state index in [9.17, 15) is 0 Å². The van der Waals surface area contributed by atoms with E-state index in [-0.39, 0.29) is 0 Å². The number of fused-ring (bicyclic) bond motifs is 2. The lowest BCUT2D eigenvalue weighted by Crippen LogP contribution is -1.87. The minimum absolute atomic E-state index is 0.629. The quantitative estimate of drug-likeness (QED) is 0.395. The average molecular weight is 430 g/mol. The molecule has 9 heteroatoms. The third kappa shape index (κ3) is 2.77. The molecule has 6 rings (SSSR count). The Kier molecular flexibility index (Phi) is 3.87. The van der Waals surface area contributed by atoms with Crippen LogP contribution in [-0.4, -0.2) is 35.1 Å². The first-order valence-corrected chi connectivity index (χ1v) is 10.3. The molecule has 2 N–H and O–H groups in total. The summed E-state index contributed by atoms with van der Waals surface area (Å²) >= 11 is 7.62. The van der Waals surface area contributed by atoms with Gasteiger partial charge in [0, 0.05) is 34.6 Å². The molecule has 7 nitrogen and oxygen atoms in total. The number of thiophene rings is 1. The number of rotatable bonds is 3. The highest BCUT2D eigenvalue weighted by atomic mass is 35.5. The van der Waals surface area contributed by atoms with Crippen molar-refractivity contribution in [3.05, 3.63) is 65.5 Å². The van der Waals surface area contributed by atoms with E-state index >= 15 is 0 Å². The Bertz CT molecular complexity index is 1520. The summed E-state index contributed by atoms with van der Waals surface area (Å²) in [7, 11) is 0. The van der Waals surface area contributed by atoms with E-state index in [0.29, 0.717) is 11.5 Å². The molecule has 0 amide bonds. The smallest absolute Gasteiger partial charge is 0.161 e. The Morgan fingerprint density at radius 1 is 0.867 bits per heavy atom. The monoisotopic (exact) mass is 429 g/mol. The van der Waals surface area contributed by atoms with Crippen LogP contribution in [0.1, 0.15) is 0 Å². The number of halogens is 1. The van der Waals surface area contributed by atoms with Crippen LogP contribution in [0, 0.1) is 0 Å². The van der Waals surface area contributed by atoms with Crippen LogP contribution >= 0.6 is 22.9 Å². The summed E-state index contributed by atoms with van der Waals surface area (Å²) in [6, 6.07) is 11.6. The number of H-pyrrole nitrogens is 2. The average Bonchev–Trinajstić information content (AvgIpc) is 3.51. The number of aromatic amines is 2. The van der Waals surface area contributed by atoms with Gasteiger partial charge in [0.05, 0.1) is 27.3 Å². The fourth-order valence-electron chi connectivity index (χ4n) is 3.42. The Balaban J connectivity index is 1.52. The molecule has 0 bridgehead atoms. The summed E-state index contributed by atoms with van der Waals surface area (Å²) in [5.41, 5.74) is 6.57. The topological polar surface area (TPSA) is 96.0 Å². The Hall–Kier alpha value is -3.62. The molecule has 30 heavy (non-hydrogen) atoms. The lowest BCUT2D eigenvalue weighted by Gasteiger charge is -2.00. The van der Waals surface area contributed by atoms with Crippen molar-refractivity contribution in [3.63, 3.8) is 0 Å². The zero-order valence-corrected chi connectivity index (χ0v) is 16.9. The van der Waals surface area contributed by atoms with Gasteiger partial charge in [-0.1, -0.05) is 11.6 Å². The maximum absolute atomic E-state index is 6.12. The molecule has 0 atom stereocenters. The number of imidazole rings is 1. The van der Waals surface area contributed by atoms with Crippen LogP contribution in [0.25, 0.3) is 55.3 Å². The van der Waals surface area contributed by atoms with Gasteiger partial charge in [-0.25, -0.2) is 9.97 Å². The molecule has 0 aliphatic rings. The fourth-order valence-corrected chi connectivity index (χ4v) is 4.48. The van der Waals surface area contributed by atoms with Crippen molar-refractivity contribution in [2.24, 2.45) is 0 Å². The number of pyridine rings is 3. The van der Waals surface area contributed by atoms with Gasteiger partial charge >= 0.3 is 0 Å². The zero-order chi connectivity index (χ0) is 20.1. The maximum Gasteiger partial charge on any atom is 0.161 e. The van der Waals surface area contributed by atoms with Gasteiger partial charge in [-0.05, 0) is 36.4 Å². The largest absolute Gasteiger partial charge is 0.335 e. The van der Waals surface area contributed by atoms with Crippen molar-refractivity contribution in [1.29, 1.82) is 0 Å². The van der Waals surface area contributed by atoms with Crippen molar-refractivity contribution in [1.82, 2.24) is 35.1 Å². The number of nitrogens with one attached hydrogen (secondary N) is 2. The molecule has 0 saturated heterocycles. The van der Waals surface area contributed by atoms with E-state index in [1.807, 2.05) is 36.4 Å². The minimum Gasteiger partial charge on any atom is -0.335 e. The highest BCUT2D eigenvalue weighted by Gasteiger charge is 2.17. The molecule has 0 aliphatic carbocycles. The van der Waals surface area contributed by atoms with E-state index in [0.717, 1.165) is 48.1 Å². The molecule has 0 saturated carbocycles. The van der Waals surface area contributed by atoms with Crippen LogP contribution in [-0.2, 0) is 0 Å². The van der Waals surface area contributed by atoms with E-state index in [4.69, 9.17) is 21.6 Å². The van der Waals surface area contributed by atoms with Gasteiger partial charge in [0.1, 0.15) is 11.0 Å². The molecular formula is C21H12ClN7S. The van der Waals surface area contributed by atoms with Crippen LogP contribution in [0.4, 0.5) is 0 Å². The van der Waals surface area contributed by atoms with Crippen molar-refractivity contribution >= 4 is 45.0 Å². The van der Waals surface area contributed by atoms with Gasteiger partial charge < -0.3 is 4.98 Å². The summed E-state index contributed by atoms with van der Waals surface area (Å²) < 4.78 is 0.725. The standard InChI is InChI=1S/C21H12ClN7S/c22-17-6-5-16(30-17)12-9-24-10-15-18(12)27-21(26-15)20-19-14(28-29-20)4-3-13(25-19)11-2-1-7-23-8-11/h1-10H,(H,26,27)(H,28,29). The molecule has 0 unspecified atom stereocenters. The van der Waals surface area contributed by atoms with E-state index in [2.05, 4.69) is 25.1 Å². The van der Waals surface area contributed by atoms with Gasteiger partial charge in [0.2, 0.25) is 0 Å². The predicted octanol–water partition coefficient (Wildman–Crippen LogP) is 5.34. The molecule has 6 aromatic rings. The van der Waals surface area contributed by atoms with Crippen molar-refractivity contribution < 1.29 is 0 Å². The first kappa shape index (κ1) is 17.3. The van der Waals surface area contributed by atoms with Crippen LogP contribution < -0.4 is 0 Å². The molecule has 6 aromatic heterocycles. The van der Waals surface area contributed by atoms with Gasteiger partial charge in [-0.15, -0.1) is 11.3 Å². The summed E-state index contributed by atoms with van der Waals surface area (Å²) in [5.74, 6) is 0.629. The van der Waals surface area contributed by atoms with Crippen molar-refractivity contribution in [2.75, 3.05) is 0 Å². The number of nitrogens with zero attached hydrogens (tertiary/aromatic N) is 5. The van der Waals surface area contributed by atoms with E-state index in [1.165, 1.54) is 11.3 Å². The molecular weight excluding hydrogens is 418 g/mol. The fraction of sp³-hybridized carbons (Fsp3) is 0. The second kappa shape index (κ2) is 6.72. The van der Waals surface area contributed by atoms with Gasteiger partial charge in [0.15, 0.2) is 11.5 Å². The summed E-state index contributed by atoms with van der Waals surface area (Å²) in [6.45, 7) is 0. The van der Waals surface area contributed by atoms with Gasteiger partial charge in [-0.2, -0.15) is 5.10 Å². The molecule has 0 radical (unpaired) electrons. The molecule has 144 valence electrons. The summed E-state index contributed by atoms with van der Waals surface area (Å²) in [6.07, 6.45) is 7.09. The second-order valence-electron chi connectivity index (χ2n) is 6.68. The Morgan fingerprint density at radius 3 is 2.67 bits per heavy atom. The second-order valence-corrected chi connectivity index (χ2v) is 8.39. The summed E-state index contributed by atoms with van der Waals surface area (Å²) in [5, 5.41) is 7.51. The third-order valence-corrected chi connectivity index (χ3v) is 6.09. The zero-order valence-electron chi connectivity index (χ0n) is 15.3. The summed E-state index contributed by atoms with van der Waals surface area (Å²) in [4.78, 5) is 22.5. The predicted molar refractivity (Wildman–Crippen MR) is 118 cm³/mol. The first-order valence-electron chi connectivity index (χ1n) is 9.11. The number of hydrogen-bond donors (Lipinski definition) is 2. The lowest BCUT2D eigenvalue weighted by molar-refractivity contribution is 1.10. The SMILES string of the molecule is Clc1ccc(-c2cncc3[nH]c(-c4n[nH]c5ccc(-c6cccnc6)nc45)nc23)s1. The lowest BCUT2D eigenvalue weighted by atomic mass is 10.2. The van der Waals surface area contributed by atoms with Crippen LogP contribution in [0.5, 0.6) is 0 Å². The first-order chi connectivity index (χ1) is 14.8. The van der Waals surface area contributed by atoms with Crippen molar-refractivity contribution in [2.45, 2.75) is 0 Å². The maximum atomic E-state index is 6.12. The van der Waals surface area contributed by atoms with Crippen LogP contribution in [0.15, 0.2) is 61.2 Å². The Labute approximate surface area is 178 Å². The Morgan fingerprint density at radius 2 is 1.83 bits per heavy atom. The number of hydrogen-bond acceptors (Lipinski definition) is 6. The number of aromatic nitrogens is 7. The minimum atomic E-state index is 0.629. The van der Waals surface area contributed by atoms with Gasteiger partial charge in [-0.3, -0.25) is 15.1 Å². The van der Waals surface area contributed by atoms with Crippen molar-refractivity contribution in [3.8, 4) is 33.2 Å². The van der Waals surface area contributed by atoms with Gasteiger partial charge in [0.25, 0.3) is 0 Å². The molecule has 6 heterocycles. The van der Waals surface area contributed by atoms with Crippen LogP contribution in [0.2, 0.25) is 4.34 Å². The molecule has 0 aliphatic heterocycles. The van der Waals surface area contributed by atoms with E-state index in [1.54, 1.807) is 24.8 Å².